The number of hydrogen-bond donors (Lipinski definition) is 3. The third-order valence-electron chi connectivity index (χ3n) is 5.44. The number of methoxy groups -OCH3 is 1. The molecule has 0 fully saturated rings. The topological polar surface area (TPSA) is 113 Å². The number of aryl methyl sites for hydroxylation is 1. The Balaban J connectivity index is 1.21. The molecule has 2 heterocycles. The Labute approximate surface area is 198 Å². The third-order valence-corrected chi connectivity index (χ3v) is 6.91. The molecule has 2 aromatic heterocycles. The molecule has 0 radical (unpaired) electrons. The highest BCUT2D eigenvalue weighted by atomic mass is 32.2. The summed E-state index contributed by atoms with van der Waals surface area (Å²) < 4.78 is 32.1. The minimum absolute atomic E-state index is 0.105. The van der Waals surface area contributed by atoms with E-state index < -0.39 is 10.0 Å². The van der Waals surface area contributed by atoms with Gasteiger partial charge in [-0.3, -0.25) is 4.79 Å². The molecule has 0 spiro atoms. The molecule has 0 bridgehead atoms. The molecule has 0 saturated carbocycles. The fourth-order valence-electron chi connectivity index (χ4n) is 3.53. The first-order valence-corrected chi connectivity index (χ1v) is 12.4. The highest BCUT2D eigenvalue weighted by Gasteiger charge is 2.13. The summed E-state index contributed by atoms with van der Waals surface area (Å²) in [6.07, 6.45) is 4.62. The van der Waals surface area contributed by atoms with Crippen molar-refractivity contribution >= 4 is 27.0 Å². The number of H-pyrrole nitrogens is 1. The molecule has 0 atom stereocenters. The van der Waals surface area contributed by atoms with Crippen molar-refractivity contribution in [3.63, 3.8) is 0 Å². The van der Waals surface area contributed by atoms with Crippen molar-refractivity contribution in [2.45, 2.75) is 17.7 Å². The zero-order valence-corrected chi connectivity index (χ0v) is 19.6. The van der Waals surface area contributed by atoms with E-state index in [9.17, 15) is 13.2 Å². The first kappa shape index (κ1) is 23.5. The van der Waals surface area contributed by atoms with Gasteiger partial charge in [0.15, 0.2) is 0 Å². The zero-order valence-electron chi connectivity index (χ0n) is 18.7. The Hall–Kier alpha value is -3.69. The lowest BCUT2D eigenvalue weighted by molar-refractivity contribution is -0.121. The average molecular weight is 479 g/mol. The normalized spacial score (nSPS) is 11.4. The van der Waals surface area contributed by atoms with Gasteiger partial charge in [-0.1, -0.05) is 24.3 Å². The SMILES string of the molecule is COc1ccc(S(=O)(=O)NCCNC(=O)CCc2ccc(-c3cnc4[nH]ccc4c3)cc2)cc1. The minimum atomic E-state index is -3.64. The molecule has 8 nitrogen and oxygen atoms in total. The van der Waals surface area contributed by atoms with Gasteiger partial charge in [-0.25, -0.2) is 18.1 Å². The van der Waals surface area contributed by atoms with Crippen molar-refractivity contribution in [1.29, 1.82) is 0 Å². The lowest BCUT2D eigenvalue weighted by Crippen LogP contribution is -2.34. The highest BCUT2D eigenvalue weighted by molar-refractivity contribution is 7.89. The van der Waals surface area contributed by atoms with Crippen LogP contribution in [-0.2, 0) is 21.2 Å². The van der Waals surface area contributed by atoms with Crippen LogP contribution < -0.4 is 14.8 Å². The summed E-state index contributed by atoms with van der Waals surface area (Å²) in [6, 6.07) is 18.3. The van der Waals surface area contributed by atoms with Crippen molar-refractivity contribution in [2.24, 2.45) is 0 Å². The number of rotatable bonds is 10. The van der Waals surface area contributed by atoms with Crippen LogP contribution in [0, 0.1) is 0 Å². The first-order chi connectivity index (χ1) is 16.4. The van der Waals surface area contributed by atoms with Crippen LogP contribution >= 0.6 is 0 Å². The van der Waals surface area contributed by atoms with E-state index in [0.29, 0.717) is 18.6 Å². The molecule has 176 valence electrons. The van der Waals surface area contributed by atoms with Gasteiger partial charge in [0, 0.05) is 42.9 Å². The summed E-state index contributed by atoms with van der Waals surface area (Å²) >= 11 is 0. The summed E-state index contributed by atoms with van der Waals surface area (Å²) in [7, 11) is -2.12. The smallest absolute Gasteiger partial charge is 0.240 e. The lowest BCUT2D eigenvalue weighted by Gasteiger charge is -2.09. The summed E-state index contributed by atoms with van der Waals surface area (Å²) in [5, 5.41) is 3.81. The third kappa shape index (κ3) is 5.81. The second kappa shape index (κ2) is 10.5. The first-order valence-electron chi connectivity index (χ1n) is 10.9. The molecule has 9 heteroatoms. The van der Waals surface area contributed by atoms with Crippen LogP contribution in [0.3, 0.4) is 0 Å². The molecule has 4 rings (SSSR count). The van der Waals surface area contributed by atoms with Crippen LogP contribution in [0.4, 0.5) is 0 Å². The molecule has 0 aliphatic carbocycles. The van der Waals surface area contributed by atoms with E-state index in [0.717, 1.165) is 27.7 Å². The maximum Gasteiger partial charge on any atom is 0.240 e. The van der Waals surface area contributed by atoms with Crippen LogP contribution in [0.5, 0.6) is 5.75 Å². The van der Waals surface area contributed by atoms with E-state index in [1.165, 1.54) is 19.2 Å². The largest absolute Gasteiger partial charge is 0.497 e. The number of carbonyl (C=O) groups excluding carboxylic acids is 1. The monoisotopic (exact) mass is 478 g/mol. The van der Waals surface area contributed by atoms with E-state index in [4.69, 9.17) is 4.74 Å². The van der Waals surface area contributed by atoms with Crippen molar-refractivity contribution in [3.8, 4) is 16.9 Å². The van der Waals surface area contributed by atoms with Gasteiger partial charge >= 0.3 is 0 Å². The highest BCUT2D eigenvalue weighted by Crippen LogP contribution is 2.23. The number of nitrogens with zero attached hydrogens (tertiary/aromatic N) is 1. The molecule has 0 unspecified atom stereocenters. The molecule has 34 heavy (non-hydrogen) atoms. The van der Waals surface area contributed by atoms with Crippen molar-refractivity contribution in [3.05, 3.63) is 78.6 Å². The molecule has 0 saturated heterocycles. The van der Waals surface area contributed by atoms with Crippen LogP contribution in [0.1, 0.15) is 12.0 Å². The molecular weight excluding hydrogens is 452 g/mol. The van der Waals surface area contributed by atoms with E-state index in [1.54, 1.807) is 12.1 Å². The van der Waals surface area contributed by atoms with Gasteiger partial charge in [0.25, 0.3) is 0 Å². The van der Waals surface area contributed by atoms with Gasteiger partial charge < -0.3 is 15.0 Å². The van der Waals surface area contributed by atoms with Crippen LogP contribution in [-0.4, -0.2) is 44.5 Å². The van der Waals surface area contributed by atoms with E-state index in [-0.39, 0.29) is 23.9 Å². The van der Waals surface area contributed by atoms with Crippen LogP contribution in [0.2, 0.25) is 0 Å². The Kier molecular flexibility index (Phi) is 7.24. The number of pyridine rings is 1. The second-order valence-corrected chi connectivity index (χ2v) is 9.53. The Morgan fingerprint density at radius 2 is 1.76 bits per heavy atom. The Bertz CT molecular complexity index is 1360. The van der Waals surface area contributed by atoms with E-state index >= 15 is 0 Å². The van der Waals surface area contributed by atoms with Gasteiger partial charge in [-0.05, 0) is 53.9 Å². The fourth-order valence-corrected chi connectivity index (χ4v) is 4.57. The average Bonchev–Trinajstić information content (AvgIpc) is 3.34. The Morgan fingerprint density at radius 3 is 2.50 bits per heavy atom. The maximum absolute atomic E-state index is 12.3. The molecule has 3 N–H and O–H groups in total. The number of hydrogen-bond acceptors (Lipinski definition) is 5. The molecule has 4 aromatic rings. The number of sulfonamides is 1. The molecule has 0 aliphatic rings. The fraction of sp³-hybridized carbons (Fsp3) is 0.200. The van der Waals surface area contributed by atoms with Crippen LogP contribution in [0.15, 0.2) is 78.0 Å². The van der Waals surface area contributed by atoms with Crippen molar-refractivity contribution in [1.82, 2.24) is 20.0 Å². The number of ether oxygens (including phenoxy) is 1. The number of nitrogens with one attached hydrogen (secondary N) is 3. The van der Waals surface area contributed by atoms with Gasteiger partial charge in [0.05, 0.1) is 12.0 Å². The zero-order chi connectivity index (χ0) is 24.0. The number of aromatic nitrogens is 2. The summed E-state index contributed by atoms with van der Waals surface area (Å²) in [5.41, 5.74) is 4.01. The second-order valence-electron chi connectivity index (χ2n) is 7.76. The van der Waals surface area contributed by atoms with E-state index in [2.05, 4.69) is 26.1 Å². The van der Waals surface area contributed by atoms with Crippen LogP contribution in [0.25, 0.3) is 22.2 Å². The van der Waals surface area contributed by atoms with Gasteiger partial charge in [-0.15, -0.1) is 0 Å². The maximum atomic E-state index is 12.3. The number of carbonyl (C=O) groups is 1. The number of amides is 1. The number of fused-ring (bicyclic) bond motifs is 1. The number of benzene rings is 2. The summed E-state index contributed by atoms with van der Waals surface area (Å²) in [5.74, 6) is 0.450. The van der Waals surface area contributed by atoms with E-state index in [1.807, 2.05) is 42.7 Å². The van der Waals surface area contributed by atoms with Gasteiger partial charge in [-0.2, -0.15) is 0 Å². The van der Waals surface area contributed by atoms with Gasteiger partial charge in [0.2, 0.25) is 15.9 Å². The summed E-state index contributed by atoms with van der Waals surface area (Å²) in [4.78, 5) is 19.8. The minimum Gasteiger partial charge on any atom is -0.497 e. The summed E-state index contributed by atoms with van der Waals surface area (Å²) in [6.45, 7) is 0.316. The quantitative estimate of drug-likeness (QED) is 0.303. The molecule has 0 aliphatic heterocycles. The molecule has 1 amide bonds. The molecule has 2 aromatic carbocycles. The standard InChI is InChI=1S/C25H26N4O4S/c1-33-22-7-9-23(10-8-22)34(31,32)29-15-14-26-24(30)11-4-18-2-5-19(6-3-18)21-16-20-12-13-27-25(20)28-17-21/h2-3,5-10,12-13,16-17,29H,4,11,14-15H2,1H3,(H,26,30)(H,27,28). The predicted octanol–water partition coefficient (Wildman–Crippen LogP) is 3.27. The van der Waals surface area contributed by atoms with Crippen molar-refractivity contribution in [2.75, 3.05) is 20.2 Å². The molecular formula is C25H26N4O4S. The number of aromatic amines is 1. The predicted molar refractivity (Wildman–Crippen MR) is 131 cm³/mol. The Morgan fingerprint density at radius 1 is 1.00 bits per heavy atom. The van der Waals surface area contributed by atoms with Gasteiger partial charge in [0.1, 0.15) is 11.4 Å². The van der Waals surface area contributed by atoms with Crippen molar-refractivity contribution < 1.29 is 17.9 Å². The lowest BCUT2D eigenvalue weighted by atomic mass is 10.0.